The van der Waals surface area contributed by atoms with Crippen LogP contribution in [0.25, 0.3) is 0 Å². The molecule has 0 aromatic carbocycles. The lowest BCUT2D eigenvalue weighted by Gasteiger charge is -1.82. The molecule has 0 saturated heterocycles. The van der Waals surface area contributed by atoms with Crippen molar-refractivity contribution in [3.8, 4) is 0 Å². The molecule has 0 spiro atoms. The van der Waals surface area contributed by atoms with Crippen LogP contribution < -0.4 is 0 Å². The van der Waals surface area contributed by atoms with E-state index in [9.17, 15) is 0 Å². The summed E-state index contributed by atoms with van der Waals surface area (Å²) in [4.78, 5) is 8.32. The Balaban J connectivity index is 2.58. The molecule has 0 saturated carbocycles. The predicted molar refractivity (Wildman–Crippen MR) is 35.7 cm³/mol. The van der Waals surface area contributed by atoms with Crippen LogP contribution in [0.3, 0.4) is 0 Å². The minimum atomic E-state index is 0.823. The smallest absolute Gasteiger partial charge is 0.123 e. The van der Waals surface area contributed by atoms with Gasteiger partial charge in [-0.05, 0) is 6.92 Å². The number of nitrogens with zero attached hydrogens (tertiary/aromatic N) is 2. The molecule has 1 aliphatic heterocycles. The summed E-state index contributed by atoms with van der Waals surface area (Å²) in [6.07, 6.45) is 0.970. The third-order valence-electron chi connectivity index (χ3n) is 1.13. The zero-order chi connectivity index (χ0) is 5.98. The normalized spacial score (nSPS) is 18.2. The van der Waals surface area contributed by atoms with Gasteiger partial charge >= 0.3 is 0 Å². The van der Waals surface area contributed by atoms with Gasteiger partial charge in [-0.15, -0.1) is 0 Å². The fourth-order valence-corrected chi connectivity index (χ4v) is 0.688. The first-order valence-electron chi connectivity index (χ1n) is 2.90. The fraction of sp³-hybridized carbons (Fsp3) is 0.667. The molecule has 8 heavy (non-hydrogen) atoms. The third kappa shape index (κ3) is 0.941. The molecule has 2 heteroatoms. The number of amidine groups is 1. The molecule has 0 radical (unpaired) electrons. The van der Waals surface area contributed by atoms with Gasteiger partial charge in [0.05, 0.1) is 6.54 Å². The maximum Gasteiger partial charge on any atom is 0.123 e. The summed E-state index contributed by atoms with van der Waals surface area (Å²) in [5.74, 6) is 1.00. The third-order valence-corrected chi connectivity index (χ3v) is 1.13. The second-order valence-electron chi connectivity index (χ2n) is 1.93. The maximum absolute atomic E-state index is 4.17. The van der Waals surface area contributed by atoms with E-state index in [2.05, 4.69) is 16.9 Å². The lowest BCUT2D eigenvalue weighted by Crippen LogP contribution is -1.88. The van der Waals surface area contributed by atoms with Crippen molar-refractivity contribution < 1.29 is 0 Å². The summed E-state index contributed by atoms with van der Waals surface area (Å²) >= 11 is 0. The van der Waals surface area contributed by atoms with Gasteiger partial charge in [-0.3, -0.25) is 4.99 Å². The number of hydrogen-bond acceptors (Lipinski definition) is 2. The number of rotatable bonds is 1. The van der Waals surface area contributed by atoms with Crippen molar-refractivity contribution in [3.63, 3.8) is 0 Å². The standard InChI is InChI=1S/C6H10N2/c1-3-6-7-4-5(2)8-6/h3-4H2,1-2H3. The first-order chi connectivity index (χ1) is 3.83. The second kappa shape index (κ2) is 2.07. The van der Waals surface area contributed by atoms with E-state index in [0.717, 1.165) is 24.5 Å². The molecule has 0 unspecified atom stereocenters. The van der Waals surface area contributed by atoms with Crippen molar-refractivity contribution in [2.24, 2.45) is 9.98 Å². The minimum absolute atomic E-state index is 0.823. The van der Waals surface area contributed by atoms with Crippen LogP contribution in [0.15, 0.2) is 9.98 Å². The van der Waals surface area contributed by atoms with Gasteiger partial charge in [0.15, 0.2) is 0 Å². The molecule has 0 fully saturated rings. The van der Waals surface area contributed by atoms with Crippen LogP contribution in [0.2, 0.25) is 0 Å². The Morgan fingerprint density at radius 1 is 1.62 bits per heavy atom. The molecule has 0 atom stereocenters. The molecule has 1 rings (SSSR count). The highest BCUT2D eigenvalue weighted by Crippen LogP contribution is 1.97. The number of hydrogen-bond donors (Lipinski definition) is 0. The molecule has 0 N–H and O–H groups in total. The van der Waals surface area contributed by atoms with Crippen molar-refractivity contribution in [2.75, 3.05) is 6.54 Å². The lowest BCUT2D eigenvalue weighted by molar-refractivity contribution is 1.22. The molecule has 0 amide bonds. The monoisotopic (exact) mass is 110 g/mol. The molecular weight excluding hydrogens is 100 g/mol. The van der Waals surface area contributed by atoms with Crippen LogP contribution in [0.1, 0.15) is 20.3 Å². The molecule has 2 nitrogen and oxygen atoms in total. The molecule has 0 aliphatic carbocycles. The summed E-state index contributed by atoms with van der Waals surface area (Å²) in [6, 6.07) is 0. The molecule has 1 heterocycles. The highest BCUT2D eigenvalue weighted by molar-refractivity contribution is 6.02. The Morgan fingerprint density at radius 3 is 2.62 bits per heavy atom. The van der Waals surface area contributed by atoms with Crippen LogP contribution >= 0.6 is 0 Å². The maximum atomic E-state index is 4.17. The van der Waals surface area contributed by atoms with Crippen molar-refractivity contribution in [3.05, 3.63) is 0 Å². The van der Waals surface area contributed by atoms with Gasteiger partial charge in [-0.2, -0.15) is 0 Å². The molecule has 1 aliphatic rings. The van der Waals surface area contributed by atoms with E-state index in [1.807, 2.05) is 6.92 Å². The van der Waals surface area contributed by atoms with Gasteiger partial charge in [0.25, 0.3) is 0 Å². The summed E-state index contributed by atoms with van der Waals surface area (Å²) in [7, 11) is 0. The van der Waals surface area contributed by atoms with Crippen LogP contribution in [0.5, 0.6) is 0 Å². The Labute approximate surface area is 49.3 Å². The second-order valence-corrected chi connectivity index (χ2v) is 1.93. The molecular formula is C6H10N2. The Bertz CT molecular complexity index is 145. The van der Waals surface area contributed by atoms with Gasteiger partial charge in [-0.25, -0.2) is 4.99 Å². The Morgan fingerprint density at radius 2 is 2.38 bits per heavy atom. The SMILES string of the molecule is CCC1=NCC(C)=N1. The van der Waals surface area contributed by atoms with Crippen molar-refractivity contribution in [1.29, 1.82) is 0 Å². The lowest BCUT2D eigenvalue weighted by atomic mass is 10.4. The molecule has 0 aromatic heterocycles. The van der Waals surface area contributed by atoms with Gasteiger partial charge in [-0.1, -0.05) is 6.92 Å². The van der Waals surface area contributed by atoms with Crippen molar-refractivity contribution >= 4 is 11.5 Å². The Hall–Kier alpha value is -0.660. The highest BCUT2D eigenvalue weighted by atomic mass is 15.0. The van der Waals surface area contributed by atoms with Crippen LogP contribution in [0, 0.1) is 0 Å². The van der Waals surface area contributed by atoms with Crippen LogP contribution in [0.4, 0.5) is 0 Å². The zero-order valence-electron chi connectivity index (χ0n) is 5.31. The van der Waals surface area contributed by atoms with E-state index >= 15 is 0 Å². The minimum Gasteiger partial charge on any atom is -0.264 e. The van der Waals surface area contributed by atoms with Gasteiger partial charge in [0.1, 0.15) is 5.84 Å². The number of aliphatic imine (C=N–C) groups is 2. The first-order valence-corrected chi connectivity index (χ1v) is 2.90. The molecule has 0 aromatic rings. The van der Waals surface area contributed by atoms with Crippen LogP contribution in [-0.4, -0.2) is 18.1 Å². The van der Waals surface area contributed by atoms with E-state index in [1.54, 1.807) is 0 Å². The largest absolute Gasteiger partial charge is 0.264 e. The fourth-order valence-electron chi connectivity index (χ4n) is 0.688. The van der Waals surface area contributed by atoms with Crippen molar-refractivity contribution in [2.45, 2.75) is 20.3 Å². The van der Waals surface area contributed by atoms with E-state index in [0.29, 0.717) is 0 Å². The highest BCUT2D eigenvalue weighted by Gasteiger charge is 2.01. The quantitative estimate of drug-likeness (QED) is 0.485. The molecule has 0 bridgehead atoms. The van der Waals surface area contributed by atoms with Gasteiger partial charge in [0.2, 0.25) is 0 Å². The Kier molecular flexibility index (Phi) is 1.42. The average molecular weight is 110 g/mol. The van der Waals surface area contributed by atoms with E-state index in [1.165, 1.54) is 0 Å². The van der Waals surface area contributed by atoms with E-state index in [4.69, 9.17) is 0 Å². The first kappa shape index (κ1) is 5.48. The van der Waals surface area contributed by atoms with E-state index < -0.39 is 0 Å². The zero-order valence-corrected chi connectivity index (χ0v) is 5.31. The summed E-state index contributed by atoms with van der Waals surface area (Å²) < 4.78 is 0. The predicted octanol–water partition coefficient (Wildman–Crippen LogP) is 1.27. The molecule has 44 valence electrons. The topological polar surface area (TPSA) is 24.7 Å². The van der Waals surface area contributed by atoms with Gasteiger partial charge < -0.3 is 0 Å². The van der Waals surface area contributed by atoms with Crippen molar-refractivity contribution in [1.82, 2.24) is 0 Å². The average Bonchev–Trinajstić information content (AvgIpc) is 2.14. The summed E-state index contributed by atoms with van der Waals surface area (Å²) in [5.41, 5.74) is 1.14. The van der Waals surface area contributed by atoms with Crippen LogP contribution in [-0.2, 0) is 0 Å². The van der Waals surface area contributed by atoms with E-state index in [-0.39, 0.29) is 0 Å². The van der Waals surface area contributed by atoms with Gasteiger partial charge in [0, 0.05) is 12.1 Å². The summed E-state index contributed by atoms with van der Waals surface area (Å²) in [6.45, 7) is 4.90. The summed E-state index contributed by atoms with van der Waals surface area (Å²) in [5, 5.41) is 0.